The largest absolute Gasteiger partial charge is 0.401 e. The summed E-state index contributed by atoms with van der Waals surface area (Å²) in [6.07, 6.45) is -1.08. The van der Waals surface area contributed by atoms with Crippen LogP contribution in [0.1, 0.15) is 12.0 Å². The molecule has 144 valence electrons. The fourth-order valence-corrected chi connectivity index (χ4v) is 2.15. The second-order valence-electron chi connectivity index (χ2n) is 5.37. The maximum Gasteiger partial charge on any atom is 0.401 e. The molecule has 0 bridgehead atoms. The summed E-state index contributed by atoms with van der Waals surface area (Å²) >= 11 is 5.73. The van der Waals surface area contributed by atoms with Crippen LogP contribution in [0.4, 0.5) is 13.2 Å². The third kappa shape index (κ3) is 12.2. The van der Waals surface area contributed by atoms with Crippen LogP contribution in [0.2, 0.25) is 5.15 Å². The molecular weight excluding hydrogens is 470 g/mol. The van der Waals surface area contributed by atoms with E-state index in [4.69, 9.17) is 11.6 Å². The molecular formula is C15H24ClF3IN5. The maximum absolute atomic E-state index is 12.2. The zero-order valence-electron chi connectivity index (χ0n) is 14.2. The highest BCUT2D eigenvalue weighted by atomic mass is 127. The predicted octanol–water partition coefficient (Wildman–Crippen LogP) is 2.94. The van der Waals surface area contributed by atoms with Gasteiger partial charge in [-0.1, -0.05) is 17.7 Å². The molecule has 0 saturated carbocycles. The van der Waals surface area contributed by atoms with Crippen LogP contribution in [0.3, 0.4) is 0 Å². The first-order chi connectivity index (χ1) is 11.3. The van der Waals surface area contributed by atoms with E-state index in [0.717, 1.165) is 12.0 Å². The van der Waals surface area contributed by atoms with Gasteiger partial charge < -0.3 is 10.6 Å². The molecule has 1 heterocycles. The van der Waals surface area contributed by atoms with E-state index in [1.165, 1.54) is 11.9 Å². The molecule has 10 heteroatoms. The summed E-state index contributed by atoms with van der Waals surface area (Å²) in [7, 11) is 3.11. The summed E-state index contributed by atoms with van der Waals surface area (Å²) in [5, 5.41) is 6.68. The molecule has 5 nitrogen and oxygen atoms in total. The Hall–Kier alpha value is -0.810. The number of hydrogen-bond acceptors (Lipinski definition) is 3. The van der Waals surface area contributed by atoms with Crippen LogP contribution in [-0.2, 0) is 6.42 Å². The third-order valence-electron chi connectivity index (χ3n) is 3.18. The minimum absolute atomic E-state index is 0. The Morgan fingerprint density at radius 2 is 1.96 bits per heavy atom. The lowest BCUT2D eigenvalue weighted by molar-refractivity contribution is -0.143. The quantitative estimate of drug-likeness (QED) is 0.192. The zero-order valence-corrected chi connectivity index (χ0v) is 17.3. The third-order valence-corrected chi connectivity index (χ3v) is 3.40. The van der Waals surface area contributed by atoms with Crippen molar-refractivity contribution in [2.45, 2.75) is 19.0 Å². The van der Waals surface area contributed by atoms with Gasteiger partial charge in [-0.25, -0.2) is 4.98 Å². The van der Waals surface area contributed by atoms with Gasteiger partial charge in [-0.2, -0.15) is 13.2 Å². The van der Waals surface area contributed by atoms with Crippen molar-refractivity contribution in [1.82, 2.24) is 20.5 Å². The fraction of sp³-hybridized carbons (Fsp3) is 0.600. The van der Waals surface area contributed by atoms with E-state index >= 15 is 0 Å². The fourth-order valence-electron chi connectivity index (χ4n) is 2.04. The lowest BCUT2D eigenvalue weighted by Crippen LogP contribution is -2.40. The molecule has 0 amide bonds. The molecule has 0 saturated heterocycles. The summed E-state index contributed by atoms with van der Waals surface area (Å²) in [6.45, 7) is 0.677. The van der Waals surface area contributed by atoms with Crippen molar-refractivity contribution in [3.63, 3.8) is 0 Å². The average molecular weight is 494 g/mol. The van der Waals surface area contributed by atoms with Crippen LogP contribution in [0, 0.1) is 0 Å². The van der Waals surface area contributed by atoms with Crippen molar-refractivity contribution in [1.29, 1.82) is 0 Å². The highest BCUT2D eigenvalue weighted by molar-refractivity contribution is 14.0. The Balaban J connectivity index is 0.00000576. The SMILES string of the molecule is CN=C(NCCCN(C)CC(F)(F)F)NCCc1ccc(Cl)nc1.I. The van der Waals surface area contributed by atoms with E-state index in [1.54, 1.807) is 19.3 Å². The van der Waals surface area contributed by atoms with Crippen LogP contribution in [0.25, 0.3) is 0 Å². The molecule has 0 aliphatic heterocycles. The zero-order chi connectivity index (χ0) is 18.0. The number of hydrogen-bond donors (Lipinski definition) is 2. The summed E-state index contributed by atoms with van der Waals surface area (Å²) in [4.78, 5) is 9.34. The first-order valence-electron chi connectivity index (χ1n) is 7.60. The van der Waals surface area contributed by atoms with Crippen molar-refractivity contribution in [2.75, 3.05) is 40.3 Å². The van der Waals surface area contributed by atoms with Gasteiger partial charge in [0.05, 0.1) is 6.54 Å². The molecule has 0 unspecified atom stereocenters. The molecule has 2 N–H and O–H groups in total. The van der Waals surface area contributed by atoms with Crippen LogP contribution < -0.4 is 10.6 Å². The van der Waals surface area contributed by atoms with Crippen molar-refractivity contribution in [2.24, 2.45) is 4.99 Å². The number of aliphatic imine (C=N–C) groups is 1. The summed E-state index contributed by atoms with van der Waals surface area (Å²) in [5.74, 6) is 0.621. The Morgan fingerprint density at radius 1 is 1.28 bits per heavy atom. The summed E-state index contributed by atoms with van der Waals surface area (Å²) in [6, 6.07) is 3.64. The van der Waals surface area contributed by atoms with Crippen molar-refractivity contribution in [3.05, 3.63) is 29.0 Å². The van der Waals surface area contributed by atoms with Gasteiger partial charge in [0.1, 0.15) is 5.15 Å². The summed E-state index contributed by atoms with van der Waals surface area (Å²) < 4.78 is 36.6. The number of nitrogens with zero attached hydrogens (tertiary/aromatic N) is 3. The smallest absolute Gasteiger partial charge is 0.356 e. The van der Waals surface area contributed by atoms with Gasteiger partial charge in [0.25, 0.3) is 0 Å². The van der Waals surface area contributed by atoms with E-state index in [2.05, 4.69) is 20.6 Å². The van der Waals surface area contributed by atoms with Gasteiger partial charge >= 0.3 is 6.18 Å². The molecule has 0 atom stereocenters. The summed E-state index contributed by atoms with van der Waals surface area (Å²) in [5.41, 5.74) is 1.05. The number of rotatable bonds is 8. The predicted molar refractivity (Wildman–Crippen MR) is 106 cm³/mol. The molecule has 1 rings (SSSR count). The van der Waals surface area contributed by atoms with Crippen molar-refractivity contribution >= 4 is 41.5 Å². The van der Waals surface area contributed by atoms with Crippen molar-refractivity contribution < 1.29 is 13.2 Å². The molecule has 0 radical (unpaired) electrons. The molecule has 0 aromatic carbocycles. The number of guanidine groups is 1. The Kier molecular flexibility index (Phi) is 12.1. The van der Waals surface area contributed by atoms with Crippen molar-refractivity contribution in [3.8, 4) is 0 Å². The first-order valence-corrected chi connectivity index (χ1v) is 7.98. The van der Waals surface area contributed by atoms with Crippen LogP contribution >= 0.6 is 35.6 Å². The molecule has 1 aromatic heterocycles. The van der Waals surface area contributed by atoms with Crippen LogP contribution in [0.15, 0.2) is 23.3 Å². The molecule has 0 spiro atoms. The maximum atomic E-state index is 12.2. The van der Waals surface area contributed by atoms with Crippen LogP contribution in [-0.4, -0.2) is 62.3 Å². The minimum Gasteiger partial charge on any atom is -0.356 e. The number of halogens is 5. The average Bonchev–Trinajstić information content (AvgIpc) is 2.49. The second-order valence-corrected chi connectivity index (χ2v) is 5.76. The first kappa shape index (κ1) is 24.2. The normalized spacial score (nSPS) is 12.0. The van der Waals surface area contributed by atoms with E-state index in [1.807, 2.05) is 6.07 Å². The topological polar surface area (TPSA) is 52.6 Å². The second kappa shape index (κ2) is 12.5. The van der Waals surface area contributed by atoms with Gasteiger partial charge in [0.15, 0.2) is 5.96 Å². The number of pyridine rings is 1. The Labute approximate surface area is 168 Å². The molecule has 25 heavy (non-hydrogen) atoms. The minimum atomic E-state index is -4.16. The van der Waals surface area contributed by atoms with E-state index in [0.29, 0.717) is 37.2 Å². The highest BCUT2D eigenvalue weighted by Crippen LogP contribution is 2.15. The van der Waals surface area contributed by atoms with Crippen LogP contribution in [0.5, 0.6) is 0 Å². The van der Waals surface area contributed by atoms with E-state index in [9.17, 15) is 13.2 Å². The van der Waals surface area contributed by atoms with Gasteiger partial charge in [0, 0.05) is 26.3 Å². The van der Waals surface area contributed by atoms with E-state index < -0.39 is 12.7 Å². The molecule has 0 aliphatic carbocycles. The highest BCUT2D eigenvalue weighted by Gasteiger charge is 2.28. The monoisotopic (exact) mass is 493 g/mol. The number of aromatic nitrogens is 1. The van der Waals surface area contributed by atoms with Gasteiger partial charge in [0.2, 0.25) is 0 Å². The molecule has 1 aromatic rings. The number of alkyl halides is 3. The molecule has 0 fully saturated rings. The number of nitrogens with one attached hydrogen (secondary N) is 2. The van der Waals surface area contributed by atoms with Gasteiger partial charge in [-0.15, -0.1) is 24.0 Å². The lowest BCUT2D eigenvalue weighted by atomic mass is 10.2. The van der Waals surface area contributed by atoms with Gasteiger partial charge in [-0.05, 0) is 38.1 Å². The lowest BCUT2D eigenvalue weighted by Gasteiger charge is -2.19. The molecule has 0 aliphatic rings. The van der Waals surface area contributed by atoms with Gasteiger partial charge in [-0.3, -0.25) is 9.89 Å². The Bertz CT molecular complexity index is 511. The standard InChI is InChI=1S/C15H23ClF3N5.HI/c1-20-14(21-7-3-9-24(2)11-15(17,18)19)22-8-6-12-4-5-13(16)23-10-12;/h4-5,10H,3,6-9,11H2,1-2H3,(H2,20,21,22);1H. The van der Waals surface area contributed by atoms with E-state index in [-0.39, 0.29) is 24.0 Å². The Morgan fingerprint density at radius 3 is 2.52 bits per heavy atom.